The van der Waals surface area contributed by atoms with Crippen LogP contribution in [0, 0.1) is 11.8 Å². The molecule has 0 radical (unpaired) electrons. The maximum atomic E-state index is 12.1. The summed E-state index contributed by atoms with van der Waals surface area (Å²) in [5, 5.41) is 8.90. The largest absolute Gasteiger partial charge is 0.481 e. The molecular weight excluding hydrogens is 234 g/mol. The van der Waals surface area contributed by atoms with Crippen molar-refractivity contribution in [3.63, 3.8) is 0 Å². The minimum Gasteiger partial charge on any atom is -0.481 e. The lowest BCUT2D eigenvalue weighted by Crippen LogP contribution is -2.37. The molecule has 0 atom stereocenters. The zero-order chi connectivity index (χ0) is 13.5. The summed E-state index contributed by atoms with van der Waals surface area (Å²) >= 11 is 0. The molecule has 1 amide bonds. The summed E-state index contributed by atoms with van der Waals surface area (Å²) in [5.41, 5.74) is 0. The number of amides is 1. The predicted octanol–water partition coefficient (Wildman–Crippen LogP) is 1.37. The van der Waals surface area contributed by atoms with Crippen molar-refractivity contribution in [2.75, 3.05) is 26.8 Å². The summed E-state index contributed by atoms with van der Waals surface area (Å²) in [6.07, 6.45) is 2.61. The molecule has 0 bridgehead atoms. The molecule has 0 spiro atoms. The number of carboxylic acids is 1. The third kappa shape index (κ3) is 4.29. The van der Waals surface area contributed by atoms with Gasteiger partial charge in [-0.15, -0.1) is 0 Å². The monoisotopic (exact) mass is 257 g/mol. The molecular formula is C13H23NO4. The van der Waals surface area contributed by atoms with E-state index in [2.05, 4.69) is 0 Å². The highest BCUT2D eigenvalue weighted by atomic mass is 16.5. The van der Waals surface area contributed by atoms with Crippen LogP contribution >= 0.6 is 0 Å². The number of carbonyl (C=O) groups excluding carboxylic acids is 1. The van der Waals surface area contributed by atoms with Gasteiger partial charge in [-0.05, 0) is 32.6 Å². The van der Waals surface area contributed by atoms with Crippen molar-refractivity contribution >= 4 is 11.9 Å². The fraction of sp³-hybridized carbons (Fsp3) is 0.846. The summed E-state index contributed by atoms with van der Waals surface area (Å²) in [5.74, 6) is -0.876. The standard InChI is InChI=1S/C13H23NO4/c1-3-18-9-8-14(2)12(15)10-4-6-11(7-5-10)13(16)17/h10-11H,3-9H2,1-2H3,(H,16,17). The van der Waals surface area contributed by atoms with Crippen molar-refractivity contribution in [3.8, 4) is 0 Å². The van der Waals surface area contributed by atoms with E-state index in [-0.39, 0.29) is 17.7 Å². The van der Waals surface area contributed by atoms with Crippen molar-refractivity contribution in [2.45, 2.75) is 32.6 Å². The van der Waals surface area contributed by atoms with Crippen LogP contribution < -0.4 is 0 Å². The Hall–Kier alpha value is -1.10. The van der Waals surface area contributed by atoms with E-state index in [9.17, 15) is 9.59 Å². The van der Waals surface area contributed by atoms with Gasteiger partial charge in [0.2, 0.25) is 5.91 Å². The first kappa shape index (κ1) is 15.0. The zero-order valence-electron chi connectivity index (χ0n) is 11.2. The van der Waals surface area contributed by atoms with Crippen LogP contribution in [0.15, 0.2) is 0 Å². The number of rotatable bonds is 6. The van der Waals surface area contributed by atoms with Crippen molar-refractivity contribution in [1.82, 2.24) is 4.90 Å². The Morgan fingerprint density at radius 1 is 1.22 bits per heavy atom. The van der Waals surface area contributed by atoms with Gasteiger partial charge in [0.25, 0.3) is 0 Å². The number of aliphatic carboxylic acids is 1. The molecule has 1 aliphatic rings. The normalized spacial score (nSPS) is 23.7. The molecule has 5 nitrogen and oxygen atoms in total. The third-order valence-electron chi connectivity index (χ3n) is 3.58. The second kappa shape index (κ2) is 7.36. The lowest BCUT2D eigenvalue weighted by molar-refractivity contribution is -0.145. The van der Waals surface area contributed by atoms with Gasteiger partial charge in [0, 0.05) is 26.1 Å². The maximum Gasteiger partial charge on any atom is 0.306 e. The van der Waals surface area contributed by atoms with Gasteiger partial charge in [-0.3, -0.25) is 9.59 Å². The first-order valence-electron chi connectivity index (χ1n) is 6.61. The van der Waals surface area contributed by atoms with E-state index in [0.717, 1.165) is 0 Å². The topological polar surface area (TPSA) is 66.8 Å². The van der Waals surface area contributed by atoms with E-state index in [4.69, 9.17) is 9.84 Å². The fourth-order valence-corrected chi connectivity index (χ4v) is 2.35. The van der Waals surface area contributed by atoms with Crippen LogP contribution in [-0.2, 0) is 14.3 Å². The van der Waals surface area contributed by atoms with Crippen molar-refractivity contribution in [1.29, 1.82) is 0 Å². The Kier molecular flexibility index (Phi) is 6.12. The second-order valence-corrected chi connectivity index (χ2v) is 4.84. The third-order valence-corrected chi connectivity index (χ3v) is 3.58. The fourth-order valence-electron chi connectivity index (χ4n) is 2.35. The van der Waals surface area contributed by atoms with Crippen LogP contribution in [0.4, 0.5) is 0 Å². The maximum absolute atomic E-state index is 12.1. The van der Waals surface area contributed by atoms with Crippen LogP contribution in [0.2, 0.25) is 0 Å². The molecule has 1 aliphatic carbocycles. The molecule has 5 heteroatoms. The lowest BCUT2D eigenvalue weighted by Gasteiger charge is -2.28. The molecule has 0 saturated heterocycles. The number of nitrogens with zero attached hydrogens (tertiary/aromatic N) is 1. The van der Waals surface area contributed by atoms with E-state index in [1.54, 1.807) is 11.9 Å². The molecule has 0 heterocycles. The van der Waals surface area contributed by atoms with Crippen molar-refractivity contribution in [2.24, 2.45) is 11.8 Å². The van der Waals surface area contributed by atoms with E-state index in [1.165, 1.54) is 0 Å². The number of likely N-dealkylation sites (N-methyl/N-ethyl adjacent to an activating group) is 1. The summed E-state index contributed by atoms with van der Waals surface area (Å²) in [4.78, 5) is 24.6. The smallest absolute Gasteiger partial charge is 0.306 e. The van der Waals surface area contributed by atoms with Gasteiger partial charge in [0.05, 0.1) is 12.5 Å². The number of hydrogen-bond acceptors (Lipinski definition) is 3. The summed E-state index contributed by atoms with van der Waals surface area (Å²) in [6, 6.07) is 0. The second-order valence-electron chi connectivity index (χ2n) is 4.84. The molecule has 1 saturated carbocycles. The Bertz CT molecular complexity index is 285. The lowest BCUT2D eigenvalue weighted by atomic mass is 9.81. The van der Waals surface area contributed by atoms with Crippen LogP contribution in [0.3, 0.4) is 0 Å². The Morgan fingerprint density at radius 2 is 1.78 bits per heavy atom. The minimum absolute atomic E-state index is 0.00720. The van der Waals surface area contributed by atoms with E-state index >= 15 is 0 Å². The van der Waals surface area contributed by atoms with Crippen molar-refractivity contribution < 1.29 is 19.4 Å². The van der Waals surface area contributed by atoms with Crippen molar-refractivity contribution in [3.05, 3.63) is 0 Å². The Morgan fingerprint density at radius 3 is 2.28 bits per heavy atom. The molecule has 0 aromatic rings. The van der Waals surface area contributed by atoms with Gasteiger partial charge in [-0.2, -0.15) is 0 Å². The minimum atomic E-state index is -0.731. The molecule has 0 unspecified atom stereocenters. The van der Waals surface area contributed by atoms with E-state index in [0.29, 0.717) is 45.4 Å². The van der Waals surface area contributed by atoms with Gasteiger partial charge < -0.3 is 14.7 Å². The Balaban J connectivity index is 2.32. The first-order chi connectivity index (χ1) is 8.56. The van der Waals surface area contributed by atoms with E-state index in [1.807, 2.05) is 6.92 Å². The average molecular weight is 257 g/mol. The summed E-state index contributed by atoms with van der Waals surface area (Å²) in [7, 11) is 1.78. The highest BCUT2D eigenvalue weighted by Gasteiger charge is 2.30. The Labute approximate surface area is 108 Å². The SMILES string of the molecule is CCOCCN(C)C(=O)C1CCC(C(=O)O)CC1. The molecule has 1 rings (SSSR count). The highest BCUT2D eigenvalue weighted by Crippen LogP contribution is 2.29. The molecule has 18 heavy (non-hydrogen) atoms. The van der Waals surface area contributed by atoms with Gasteiger partial charge in [-0.1, -0.05) is 0 Å². The summed E-state index contributed by atoms with van der Waals surface area (Å²) < 4.78 is 5.22. The van der Waals surface area contributed by atoms with Crippen LogP contribution in [0.1, 0.15) is 32.6 Å². The molecule has 0 aromatic heterocycles. The van der Waals surface area contributed by atoms with Crippen LogP contribution in [-0.4, -0.2) is 48.7 Å². The van der Waals surface area contributed by atoms with Crippen LogP contribution in [0.25, 0.3) is 0 Å². The number of hydrogen-bond donors (Lipinski definition) is 1. The number of carboxylic acid groups (broad SMARTS) is 1. The van der Waals surface area contributed by atoms with Gasteiger partial charge in [0.15, 0.2) is 0 Å². The van der Waals surface area contributed by atoms with E-state index < -0.39 is 5.97 Å². The van der Waals surface area contributed by atoms with Gasteiger partial charge in [-0.25, -0.2) is 0 Å². The molecule has 0 aromatic carbocycles. The van der Waals surface area contributed by atoms with Gasteiger partial charge in [0.1, 0.15) is 0 Å². The zero-order valence-corrected chi connectivity index (χ0v) is 11.2. The molecule has 104 valence electrons. The number of ether oxygens (including phenoxy) is 1. The van der Waals surface area contributed by atoms with Gasteiger partial charge >= 0.3 is 5.97 Å². The predicted molar refractivity (Wildman–Crippen MR) is 67.2 cm³/mol. The van der Waals surface area contributed by atoms with Crippen LogP contribution in [0.5, 0.6) is 0 Å². The first-order valence-corrected chi connectivity index (χ1v) is 6.61. The average Bonchev–Trinajstić information content (AvgIpc) is 2.38. The number of carbonyl (C=O) groups is 2. The molecule has 1 fully saturated rings. The quantitative estimate of drug-likeness (QED) is 0.730. The molecule has 1 N–H and O–H groups in total. The summed E-state index contributed by atoms with van der Waals surface area (Å²) in [6.45, 7) is 3.75. The molecule has 0 aliphatic heterocycles. The highest BCUT2D eigenvalue weighted by molar-refractivity contribution is 5.79.